The van der Waals surface area contributed by atoms with Crippen LogP contribution < -0.4 is 5.32 Å². The monoisotopic (exact) mass is 378 g/mol. The van der Waals surface area contributed by atoms with Crippen LogP contribution in [-0.4, -0.2) is 46.0 Å². The summed E-state index contributed by atoms with van der Waals surface area (Å²) in [5, 5.41) is 12.2. The number of carbonyl (C=O) groups is 1. The summed E-state index contributed by atoms with van der Waals surface area (Å²) >= 11 is 0. The first kappa shape index (κ1) is 17.6. The minimum absolute atomic E-state index is 0.0275. The fourth-order valence-corrected chi connectivity index (χ4v) is 2.85. The van der Waals surface area contributed by atoms with Crippen LogP contribution in [0, 0.1) is 6.92 Å². The van der Waals surface area contributed by atoms with E-state index in [0.717, 1.165) is 22.6 Å². The van der Waals surface area contributed by atoms with Crippen LogP contribution in [0.3, 0.4) is 0 Å². The zero-order chi connectivity index (χ0) is 19.8. The molecule has 142 valence electrons. The Kier molecular flexibility index (Phi) is 4.22. The number of hydrogen-bond acceptors (Lipinski definition) is 7. The zero-order valence-electron chi connectivity index (χ0n) is 15.5. The maximum Gasteiger partial charge on any atom is 0.353 e. The highest BCUT2D eigenvalue weighted by molar-refractivity contribution is 5.85. The van der Waals surface area contributed by atoms with Crippen molar-refractivity contribution in [2.24, 2.45) is 0 Å². The number of aromatic amines is 2. The van der Waals surface area contributed by atoms with Crippen molar-refractivity contribution in [1.29, 1.82) is 0 Å². The Balaban J connectivity index is 1.68. The van der Waals surface area contributed by atoms with Crippen LogP contribution in [0.1, 0.15) is 41.8 Å². The van der Waals surface area contributed by atoms with E-state index in [0.29, 0.717) is 11.6 Å². The first-order chi connectivity index (χ1) is 13.4. The summed E-state index contributed by atoms with van der Waals surface area (Å²) < 4.78 is 0. The van der Waals surface area contributed by atoms with Crippen LogP contribution in [-0.2, 0) is 0 Å². The molecular weight excluding hydrogens is 360 g/mol. The Morgan fingerprint density at radius 3 is 2.68 bits per heavy atom. The van der Waals surface area contributed by atoms with Gasteiger partial charge in [-0.25, -0.2) is 29.7 Å². The molecule has 0 aromatic carbocycles. The van der Waals surface area contributed by atoms with Gasteiger partial charge in [0.15, 0.2) is 11.6 Å². The molecule has 4 rings (SSSR count). The molecule has 4 N–H and O–H groups in total. The number of carboxylic acids is 1. The number of nitrogens with zero attached hydrogens (tertiary/aromatic N) is 5. The lowest BCUT2D eigenvalue weighted by molar-refractivity contribution is 0.0691. The largest absolute Gasteiger partial charge is 0.477 e. The molecule has 0 bridgehead atoms. The molecule has 0 unspecified atom stereocenters. The molecule has 0 spiro atoms. The Labute approximate surface area is 159 Å². The second-order valence-corrected chi connectivity index (χ2v) is 6.61. The second-order valence-electron chi connectivity index (χ2n) is 6.61. The molecule has 4 aromatic heterocycles. The van der Waals surface area contributed by atoms with Gasteiger partial charge >= 0.3 is 5.97 Å². The van der Waals surface area contributed by atoms with Crippen LogP contribution in [0.4, 0.5) is 11.6 Å². The summed E-state index contributed by atoms with van der Waals surface area (Å²) in [5.74, 6) is 1.61. The first-order valence-corrected chi connectivity index (χ1v) is 8.66. The molecule has 0 aliphatic carbocycles. The molecule has 0 saturated heterocycles. The highest BCUT2D eigenvalue weighted by atomic mass is 16.4. The standard InChI is InChI=1S/C18H18N8O2/c1-8(2)14-15-10(21-9(3)22-15)6-13(25-14)24-12-4-5-19-16(26-12)17-20-7-11(23-17)18(27)28/h4-8H,1-3H3,(H,20,23)(H,21,22)(H,27,28)(H,19,24,25,26). The van der Waals surface area contributed by atoms with Gasteiger partial charge in [-0.05, 0) is 18.9 Å². The quantitative estimate of drug-likeness (QED) is 0.414. The predicted molar refractivity (Wildman–Crippen MR) is 103 cm³/mol. The molecule has 10 nitrogen and oxygen atoms in total. The van der Waals surface area contributed by atoms with E-state index in [4.69, 9.17) is 5.11 Å². The SMILES string of the molecule is Cc1nc2c(C(C)C)nc(Nc3ccnc(-c4ncc(C(=O)O)[nH]4)n3)cc2[nH]1. The van der Waals surface area contributed by atoms with Crippen molar-refractivity contribution < 1.29 is 9.90 Å². The lowest BCUT2D eigenvalue weighted by Crippen LogP contribution is -2.02. The lowest BCUT2D eigenvalue weighted by atomic mass is 10.1. The van der Waals surface area contributed by atoms with Gasteiger partial charge in [-0.2, -0.15) is 0 Å². The van der Waals surface area contributed by atoms with E-state index in [1.54, 1.807) is 12.3 Å². The summed E-state index contributed by atoms with van der Waals surface area (Å²) in [5.41, 5.74) is 2.61. The van der Waals surface area contributed by atoms with Crippen LogP contribution in [0.2, 0.25) is 0 Å². The van der Waals surface area contributed by atoms with E-state index in [1.807, 2.05) is 13.0 Å². The maximum absolute atomic E-state index is 11.0. The molecule has 0 fully saturated rings. The van der Waals surface area contributed by atoms with Crippen LogP contribution in [0.25, 0.3) is 22.7 Å². The third kappa shape index (κ3) is 3.27. The summed E-state index contributed by atoms with van der Waals surface area (Å²) in [6, 6.07) is 3.57. The van der Waals surface area contributed by atoms with Gasteiger partial charge in [0.1, 0.15) is 28.7 Å². The fraction of sp³-hybridized carbons (Fsp3) is 0.222. The molecule has 4 aromatic rings. The molecular formula is C18H18N8O2. The van der Waals surface area contributed by atoms with Crippen molar-refractivity contribution in [3.63, 3.8) is 0 Å². The topological polar surface area (TPSA) is 145 Å². The number of carboxylic acid groups (broad SMARTS) is 1. The molecule has 28 heavy (non-hydrogen) atoms. The molecule has 0 aliphatic heterocycles. The van der Waals surface area contributed by atoms with Gasteiger partial charge in [0.2, 0.25) is 0 Å². The Morgan fingerprint density at radius 1 is 1.14 bits per heavy atom. The van der Waals surface area contributed by atoms with E-state index >= 15 is 0 Å². The van der Waals surface area contributed by atoms with Gasteiger partial charge in [0.05, 0.1) is 17.4 Å². The number of H-pyrrole nitrogens is 2. The van der Waals surface area contributed by atoms with Crippen LogP contribution in [0.15, 0.2) is 24.5 Å². The minimum Gasteiger partial charge on any atom is -0.477 e. The summed E-state index contributed by atoms with van der Waals surface area (Å²) in [7, 11) is 0. The number of rotatable bonds is 5. The molecule has 0 saturated carbocycles. The Hall–Kier alpha value is -3.82. The smallest absolute Gasteiger partial charge is 0.353 e. The van der Waals surface area contributed by atoms with E-state index < -0.39 is 5.97 Å². The zero-order valence-corrected chi connectivity index (χ0v) is 15.5. The minimum atomic E-state index is -1.10. The number of pyridine rings is 1. The van der Waals surface area contributed by atoms with E-state index in [9.17, 15) is 4.79 Å². The normalized spacial score (nSPS) is 11.3. The number of aromatic nitrogens is 7. The van der Waals surface area contributed by atoms with Gasteiger partial charge in [-0.15, -0.1) is 0 Å². The molecule has 0 aliphatic rings. The lowest BCUT2D eigenvalue weighted by Gasteiger charge is -2.10. The highest BCUT2D eigenvalue weighted by Crippen LogP contribution is 2.26. The maximum atomic E-state index is 11.0. The van der Waals surface area contributed by atoms with E-state index in [-0.39, 0.29) is 23.3 Å². The van der Waals surface area contributed by atoms with Crippen molar-refractivity contribution in [2.75, 3.05) is 5.32 Å². The second kappa shape index (κ2) is 6.72. The number of nitrogens with one attached hydrogen (secondary N) is 3. The van der Waals surface area contributed by atoms with Crippen molar-refractivity contribution in [3.05, 3.63) is 41.7 Å². The summed E-state index contributed by atoms with van der Waals surface area (Å²) in [6.45, 7) is 6.03. The van der Waals surface area contributed by atoms with Crippen molar-refractivity contribution in [3.8, 4) is 11.6 Å². The molecule has 0 amide bonds. The Morgan fingerprint density at radius 2 is 1.96 bits per heavy atom. The third-order valence-corrected chi connectivity index (χ3v) is 4.09. The Bertz CT molecular complexity index is 1180. The van der Waals surface area contributed by atoms with E-state index in [1.165, 1.54) is 6.20 Å². The number of anilines is 2. The predicted octanol–water partition coefficient (Wildman–Crippen LogP) is 3.01. The van der Waals surface area contributed by atoms with Gasteiger partial charge in [-0.1, -0.05) is 13.8 Å². The van der Waals surface area contributed by atoms with Crippen molar-refractivity contribution in [1.82, 2.24) is 34.9 Å². The van der Waals surface area contributed by atoms with E-state index in [2.05, 4.69) is 54.1 Å². The molecule has 0 atom stereocenters. The highest BCUT2D eigenvalue weighted by Gasteiger charge is 2.15. The molecule has 10 heteroatoms. The van der Waals surface area contributed by atoms with Gasteiger partial charge in [0.25, 0.3) is 0 Å². The van der Waals surface area contributed by atoms with Gasteiger partial charge in [-0.3, -0.25) is 0 Å². The van der Waals surface area contributed by atoms with Crippen LogP contribution in [0.5, 0.6) is 0 Å². The number of aromatic carboxylic acids is 1. The fourth-order valence-electron chi connectivity index (χ4n) is 2.85. The average Bonchev–Trinajstić information content (AvgIpc) is 3.27. The van der Waals surface area contributed by atoms with Crippen molar-refractivity contribution >= 4 is 28.6 Å². The van der Waals surface area contributed by atoms with Crippen molar-refractivity contribution in [2.45, 2.75) is 26.7 Å². The first-order valence-electron chi connectivity index (χ1n) is 8.66. The molecule has 4 heterocycles. The third-order valence-electron chi connectivity index (χ3n) is 4.09. The summed E-state index contributed by atoms with van der Waals surface area (Å²) in [6.07, 6.45) is 2.79. The van der Waals surface area contributed by atoms with Crippen LogP contribution >= 0.6 is 0 Å². The van der Waals surface area contributed by atoms with Gasteiger partial charge < -0.3 is 20.4 Å². The molecule has 0 radical (unpaired) electrons. The van der Waals surface area contributed by atoms with Gasteiger partial charge in [0, 0.05) is 12.3 Å². The average molecular weight is 378 g/mol. The number of aryl methyl sites for hydroxylation is 1. The number of fused-ring (bicyclic) bond motifs is 1. The number of hydrogen-bond donors (Lipinski definition) is 4. The summed E-state index contributed by atoms with van der Waals surface area (Å²) in [4.78, 5) is 38.7. The number of imidazole rings is 2.